The highest BCUT2D eigenvalue weighted by Gasteiger charge is 2.02. The third-order valence-electron chi connectivity index (χ3n) is 7.58. The van der Waals surface area contributed by atoms with Crippen molar-refractivity contribution in [2.24, 2.45) is 5.92 Å². The molecule has 0 amide bonds. The van der Waals surface area contributed by atoms with E-state index in [1.807, 2.05) is 0 Å². The summed E-state index contributed by atoms with van der Waals surface area (Å²) in [5.41, 5.74) is 0. The van der Waals surface area contributed by atoms with E-state index >= 15 is 0 Å². The fourth-order valence-corrected chi connectivity index (χ4v) is 4.71. The van der Waals surface area contributed by atoms with Gasteiger partial charge in [0.1, 0.15) is 0 Å². The van der Waals surface area contributed by atoms with E-state index in [2.05, 4.69) is 57.2 Å². The minimum atomic E-state index is 0.00560. The summed E-state index contributed by atoms with van der Waals surface area (Å²) in [5.74, 6) is 0.924. The van der Waals surface area contributed by atoms with Crippen LogP contribution in [0.4, 0.5) is 0 Å². The van der Waals surface area contributed by atoms with Gasteiger partial charge >= 0.3 is 5.97 Å². The Kier molecular flexibility index (Phi) is 30.8. The fraction of sp³-hybridized carbons (Fsp3) is 0.806. The predicted molar refractivity (Wildman–Crippen MR) is 170 cm³/mol. The normalized spacial score (nSPS) is 12.8. The zero-order valence-corrected chi connectivity index (χ0v) is 26.0. The van der Waals surface area contributed by atoms with Gasteiger partial charge in [0.2, 0.25) is 0 Å². The molecule has 38 heavy (non-hydrogen) atoms. The minimum Gasteiger partial charge on any atom is -0.466 e. The summed E-state index contributed by atoms with van der Waals surface area (Å²) in [4.78, 5) is 11.9. The quantitative estimate of drug-likeness (QED) is 0.0546. The molecule has 0 rings (SSSR count). The number of carbonyl (C=O) groups is 1. The average Bonchev–Trinajstić information content (AvgIpc) is 2.92. The van der Waals surface area contributed by atoms with Gasteiger partial charge in [-0.15, -0.1) is 0 Å². The molecule has 222 valence electrons. The van der Waals surface area contributed by atoms with E-state index in [1.54, 1.807) is 0 Å². The number of ether oxygens (including phenoxy) is 1. The first-order valence-corrected chi connectivity index (χ1v) is 16.8. The van der Waals surface area contributed by atoms with E-state index in [-0.39, 0.29) is 5.97 Å². The maximum atomic E-state index is 11.9. The molecule has 2 nitrogen and oxygen atoms in total. The largest absolute Gasteiger partial charge is 0.466 e. The van der Waals surface area contributed by atoms with Crippen molar-refractivity contribution in [2.75, 3.05) is 6.61 Å². The molecule has 0 fully saturated rings. The Morgan fingerprint density at radius 3 is 1.63 bits per heavy atom. The van der Waals surface area contributed by atoms with Crippen LogP contribution < -0.4 is 0 Å². The van der Waals surface area contributed by atoms with Crippen LogP contribution in [0.15, 0.2) is 36.5 Å². The fourth-order valence-electron chi connectivity index (χ4n) is 4.71. The van der Waals surface area contributed by atoms with Gasteiger partial charge < -0.3 is 4.74 Å². The predicted octanol–water partition coefficient (Wildman–Crippen LogP) is 12.2. The number of esters is 1. The molecule has 2 heteroatoms. The molecule has 0 spiro atoms. The van der Waals surface area contributed by atoms with Crippen molar-refractivity contribution in [3.63, 3.8) is 0 Å². The molecule has 0 aliphatic rings. The molecule has 1 atom stereocenters. The Hall–Kier alpha value is -1.31. The van der Waals surface area contributed by atoms with Crippen molar-refractivity contribution in [3.05, 3.63) is 36.5 Å². The molecule has 0 bridgehead atoms. The minimum absolute atomic E-state index is 0.00560. The van der Waals surface area contributed by atoms with E-state index in [9.17, 15) is 4.79 Å². The zero-order chi connectivity index (χ0) is 27.8. The van der Waals surface area contributed by atoms with Gasteiger partial charge in [0.25, 0.3) is 0 Å². The Labute approximate surface area is 239 Å². The molecular weight excluding hydrogens is 464 g/mol. The van der Waals surface area contributed by atoms with Crippen LogP contribution >= 0.6 is 0 Å². The SMILES string of the molecule is CC/C=C\C/C=C\C/C=C\CCCCCCCC(=O)OCCCCCCCCCCCCCCC(C)CC. The number of carbonyl (C=O) groups excluding carboxylic acids is 1. The highest BCUT2D eigenvalue weighted by atomic mass is 16.5. The maximum absolute atomic E-state index is 11.9. The number of hydrogen-bond acceptors (Lipinski definition) is 2. The first-order chi connectivity index (χ1) is 18.7. The summed E-state index contributed by atoms with van der Waals surface area (Å²) >= 11 is 0. The zero-order valence-electron chi connectivity index (χ0n) is 26.0. The highest BCUT2D eigenvalue weighted by Crippen LogP contribution is 2.16. The first-order valence-electron chi connectivity index (χ1n) is 16.8. The van der Waals surface area contributed by atoms with Crippen LogP contribution in [0.1, 0.15) is 175 Å². The molecule has 0 radical (unpaired) electrons. The third-order valence-corrected chi connectivity index (χ3v) is 7.58. The summed E-state index contributed by atoms with van der Waals surface area (Å²) < 4.78 is 5.42. The molecular formula is C36H66O2. The van der Waals surface area contributed by atoms with Crippen LogP contribution in [0.2, 0.25) is 0 Å². The molecule has 0 heterocycles. The lowest BCUT2D eigenvalue weighted by molar-refractivity contribution is -0.143. The monoisotopic (exact) mass is 531 g/mol. The van der Waals surface area contributed by atoms with Crippen molar-refractivity contribution in [1.29, 1.82) is 0 Å². The van der Waals surface area contributed by atoms with Crippen LogP contribution in [0.3, 0.4) is 0 Å². The molecule has 0 N–H and O–H groups in total. The first kappa shape index (κ1) is 36.7. The highest BCUT2D eigenvalue weighted by molar-refractivity contribution is 5.69. The van der Waals surface area contributed by atoms with Gasteiger partial charge in [0.15, 0.2) is 0 Å². The van der Waals surface area contributed by atoms with Crippen molar-refractivity contribution in [3.8, 4) is 0 Å². The lowest BCUT2D eigenvalue weighted by atomic mass is 9.99. The topological polar surface area (TPSA) is 26.3 Å². The Balaban J connectivity index is 3.25. The molecule has 0 aliphatic carbocycles. The van der Waals surface area contributed by atoms with Crippen LogP contribution in [0, 0.1) is 5.92 Å². The smallest absolute Gasteiger partial charge is 0.305 e. The van der Waals surface area contributed by atoms with E-state index in [0.717, 1.165) is 44.4 Å². The second-order valence-electron chi connectivity index (χ2n) is 11.4. The molecule has 1 unspecified atom stereocenters. The molecule has 0 saturated carbocycles. The molecule has 0 aliphatic heterocycles. The summed E-state index contributed by atoms with van der Waals surface area (Å²) in [6.07, 6.45) is 43.3. The van der Waals surface area contributed by atoms with E-state index in [1.165, 1.54) is 109 Å². The second kappa shape index (κ2) is 31.9. The van der Waals surface area contributed by atoms with Crippen LogP contribution in [-0.4, -0.2) is 12.6 Å². The van der Waals surface area contributed by atoms with Gasteiger partial charge in [0, 0.05) is 6.42 Å². The summed E-state index contributed by atoms with van der Waals surface area (Å²) in [6, 6.07) is 0. The number of unbranched alkanes of at least 4 members (excludes halogenated alkanes) is 16. The van der Waals surface area contributed by atoms with E-state index in [4.69, 9.17) is 4.74 Å². The van der Waals surface area contributed by atoms with Crippen molar-refractivity contribution in [1.82, 2.24) is 0 Å². The molecule has 0 aromatic carbocycles. The second-order valence-corrected chi connectivity index (χ2v) is 11.4. The Morgan fingerprint density at radius 1 is 0.579 bits per heavy atom. The molecule has 0 aromatic rings. The van der Waals surface area contributed by atoms with Gasteiger partial charge in [-0.2, -0.15) is 0 Å². The number of allylic oxidation sites excluding steroid dienone is 6. The van der Waals surface area contributed by atoms with Gasteiger partial charge in [-0.3, -0.25) is 4.79 Å². The average molecular weight is 531 g/mol. The molecule has 0 saturated heterocycles. The van der Waals surface area contributed by atoms with E-state index in [0.29, 0.717) is 13.0 Å². The van der Waals surface area contributed by atoms with E-state index < -0.39 is 0 Å². The van der Waals surface area contributed by atoms with Crippen LogP contribution in [0.5, 0.6) is 0 Å². The van der Waals surface area contributed by atoms with Gasteiger partial charge in [0.05, 0.1) is 6.61 Å². The summed E-state index contributed by atoms with van der Waals surface area (Å²) in [7, 11) is 0. The Bertz CT molecular complexity index is 560. The van der Waals surface area contributed by atoms with Crippen LogP contribution in [0.25, 0.3) is 0 Å². The Morgan fingerprint density at radius 2 is 1.05 bits per heavy atom. The van der Waals surface area contributed by atoms with Crippen molar-refractivity contribution >= 4 is 5.97 Å². The van der Waals surface area contributed by atoms with Gasteiger partial charge in [-0.05, 0) is 50.9 Å². The van der Waals surface area contributed by atoms with Gasteiger partial charge in [-0.1, -0.05) is 160 Å². The summed E-state index contributed by atoms with van der Waals surface area (Å²) in [6.45, 7) is 7.47. The van der Waals surface area contributed by atoms with Gasteiger partial charge in [-0.25, -0.2) is 0 Å². The standard InChI is InChI=1S/C36H66O2/c1-4-6-7-8-9-10-11-12-13-14-18-21-24-27-30-33-36(37)38-34-31-28-25-22-19-16-15-17-20-23-26-29-32-35(3)5-2/h6-7,9-10,12-13,35H,4-5,8,11,14-34H2,1-3H3/b7-6-,10-9-,13-12-. The lowest BCUT2D eigenvalue weighted by Crippen LogP contribution is -2.05. The third kappa shape index (κ3) is 30.9. The number of rotatable bonds is 29. The van der Waals surface area contributed by atoms with Crippen LogP contribution in [-0.2, 0) is 9.53 Å². The summed E-state index contributed by atoms with van der Waals surface area (Å²) in [5, 5.41) is 0. The van der Waals surface area contributed by atoms with Crippen molar-refractivity contribution < 1.29 is 9.53 Å². The molecule has 0 aromatic heterocycles. The maximum Gasteiger partial charge on any atom is 0.305 e. The lowest BCUT2D eigenvalue weighted by Gasteiger charge is -2.07. The van der Waals surface area contributed by atoms with Crippen molar-refractivity contribution in [2.45, 2.75) is 175 Å². The number of hydrogen-bond donors (Lipinski definition) is 0.